The number of aryl methyl sites for hydroxylation is 1. The highest BCUT2D eigenvalue weighted by Crippen LogP contribution is 2.23. The highest BCUT2D eigenvalue weighted by Gasteiger charge is 2.25. The first-order valence-electron chi connectivity index (χ1n) is 7.39. The molecule has 112 valence electrons. The van der Waals surface area contributed by atoms with Crippen LogP contribution < -0.4 is 0 Å². The minimum Gasteiger partial charge on any atom is -0.372 e. The lowest BCUT2D eigenvalue weighted by Crippen LogP contribution is -2.48. The molecular formula is C16H20N2O2S. The van der Waals surface area contributed by atoms with E-state index in [4.69, 9.17) is 4.74 Å². The van der Waals surface area contributed by atoms with Crippen molar-refractivity contribution in [2.75, 3.05) is 13.1 Å². The molecule has 1 aliphatic heterocycles. The summed E-state index contributed by atoms with van der Waals surface area (Å²) < 4.78 is 6.85. The maximum atomic E-state index is 12.3. The van der Waals surface area contributed by atoms with Gasteiger partial charge in [0.15, 0.2) is 0 Å². The number of thiazole rings is 1. The van der Waals surface area contributed by atoms with Crippen LogP contribution in [0.25, 0.3) is 10.2 Å². The van der Waals surface area contributed by atoms with Crippen molar-refractivity contribution in [3.05, 3.63) is 29.3 Å². The third-order valence-corrected chi connectivity index (χ3v) is 4.76. The number of amides is 1. The first-order chi connectivity index (χ1) is 10.1. The third-order valence-electron chi connectivity index (χ3n) is 3.66. The lowest BCUT2D eigenvalue weighted by molar-refractivity contribution is -0.143. The van der Waals surface area contributed by atoms with Crippen molar-refractivity contribution in [2.24, 2.45) is 0 Å². The fourth-order valence-electron chi connectivity index (χ4n) is 2.78. The largest absolute Gasteiger partial charge is 0.372 e. The second-order valence-electron chi connectivity index (χ2n) is 5.63. The lowest BCUT2D eigenvalue weighted by Gasteiger charge is -2.35. The third kappa shape index (κ3) is 3.41. The molecular weight excluding hydrogens is 284 g/mol. The number of rotatable bonds is 3. The van der Waals surface area contributed by atoms with E-state index < -0.39 is 0 Å². The fraction of sp³-hybridized carbons (Fsp3) is 0.500. The number of benzene rings is 1. The molecule has 2 atom stereocenters. The van der Waals surface area contributed by atoms with E-state index in [0.717, 1.165) is 16.9 Å². The van der Waals surface area contributed by atoms with Crippen molar-refractivity contribution < 1.29 is 9.53 Å². The van der Waals surface area contributed by atoms with Crippen LogP contribution >= 0.6 is 11.3 Å². The van der Waals surface area contributed by atoms with Crippen molar-refractivity contribution in [1.82, 2.24) is 9.88 Å². The van der Waals surface area contributed by atoms with E-state index >= 15 is 0 Å². The number of ether oxygens (including phenoxy) is 1. The Morgan fingerprint density at radius 3 is 2.76 bits per heavy atom. The summed E-state index contributed by atoms with van der Waals surface area (Å²) >= 11 is 1.68. The Bertz CT molecular complexity index is 597. The Kier molecular flexibility index (Phi) is 4.22. The molecule has 1 saturated heterocycles. The van der Waals surface area contributed by atoms with Crippen LogP contribution in [0.15, 0.2) is 24.3 Å². The predicted octanol–water partition coefficient (Wildman–Crippen LogP) is 2.86. The zero-order valence-electron chi connectivity index (χ0n) is 12.4. The van der Waals surface area contributed by atoms with Crippen LogP contribution in [0.3, 0.4) is 0 Å². The molecule has 21 heavy (non-hydrogen) atoms. The SMILES string of the molecule is C[C@@H]1CN(C(=O)CCc2nc3ccccc3s2)C[C@@H](C)O1. The summed E-state index contributed by atoms with van der Waals surface area (Å²) in [6, 6.07) is 8.10. The molecule has 0 aliphatic carbocycles. The molecule has 0 spiro atoms. The second-order valence-corrected chi connectivity index (χ2v) is 6.75. The molecule has 1 aromatic heterocycles. The second kappa shape index (κ2) is 6.12. The minimum atomic E-state index is 0.125. The van der Waals surface area contributed by atoms with Gasteiger partial charge in [-0.25, -0.2) is 4.98 Å². The summed E-state index contributed by atoms with van der Waals surface area (Å²) in [5.74, 6) is 0.205. The average Bonchev–Trinajstić information content (AvgIpc) is 2.86. The summed E-state index contributed by atoms with van der Waals surface area (Å²) in [5.41, 5.74) is 1.03. The van der Waals surface area contributed by atoms with Gasteiger partial charge in [0, 0.05) is 25.9 Å². The van der Waals surface area contributed by atoms with Crippen LogP contribution in [0, 0.1) is 0 Å². The smallest absolute Gasteiger partial charge is 0.223 e. The van der Waals surface area contributed by atoms with Crippen LogP contribution in [0.2, 0.25) is 0 Å². The highest BCUT2D eigenvalue weighted by atomic mass is 32.1. The standard InChI is InChI=1S/C16H20N2O2S/c1-11-9-18(10-12(2)20-11)16(19)8-7-15-17-13-5-3-4-6-14(13)21-15/h3-6,11-12H,7-10H2,1-2H3/t11-,12-/m1/s1. The molecule has 0 bridgehead atoms. The molecule has 1 amide bonds. The maximum Gasteiger partial charge on any atom is 0.223 e. The topological polar surface area (TPSA) is 42.4 Å². The monoisotopic (exact) mass is 304 g/mol. The normalized spacial score (nSPS) is 22.7. The molecule has 3 rings (SSSR count). The highest BCUT2D eigenvalue weighted by molar-refractivity contribution is 7.18. The number of hydrogen-bond donors (Lipinski definition) is 0. The average molecular weight is 304 g/mol. The Labute approximate surface area is 128 Å². The Morgan fingerprint density at radius 2 is 2.05 bits per heavy atom. The molecule has 2 aromatic rings. The van der Waals surface area contributed by atoms with Gasteiger partial charge in [-0.05, 0) is 26.0 Å². The van der Waals surface area contributed by atoms with Gasteiger partial charge in [-0.1, -0.05) is 12.1 Å². The molecule has 5 heteroatoms. The van der Waals surface area contributed by atoms with Crippen molar-refractivity contribution >= 4 is 27.5 Å². The van der Waals surface area contributed by atoms with Crippen LogP contribution in [-0.2, 0) is 16.0 Å². The molecule has 0 saturated carbocycles. The fourth-order valence-corrected chi connectivity index (χ4v) is 3.75. The van der Waals surface area contributed by atoms with Gasteiger partial charge < -0.3 is 9.64 Å². The van der Waals surface area contributed by atoms with Crippen LogP contribution in [0.5, 0.6) is 0 Å². The van der Waals surface area contributed by atoms with Crippen LogP contribution in [-0.4, -0.2) is 41.1 Å². The number of para-hydroxylation sites is 1. The van der Waals surface area contributed by atoms with Gasteiger partial charge in [0.05, 0.1) is 27.4 Å². The number of aromatic nitrogens is 1. The number of carbonyl (C=O) groups excluding carboxylic acids is 1. The van der Waals surface area contributed by atoms with E-state index in [1.54, 1.807) is 11.3 Å². The molecule has 1 fully saturated rings. The number of morpholine rings is 1. The van der Waals surface area contributed by atoms with Crippen molar-refractivity contribution in [1.29, 1.82) is 0 Å². The zero-order chi connectivity index (χ0) is 14.8. The maximum absolute atomic E-state index is 12.3. The molecule has 2 heterocycles. The van der Waals surface area contributed by atoms with Gasteiger partial charge in [-0.2, -0.15) is 0 Å². The van der Waals surface area contributed by atoms with Crippen molar-refractivity contribution in [3.63, 3.8) is 0 Å². The van der Waals surface area contributed by atoms with Gasteiger partial charge >= 0.3 is 0 Å². The van der Waals surface area contributed by atoms with E-state index in [-0.39, 0.29) is 18.1 Å². The number of carbonyl (C=O) groups is 1. The molecule has 0 radical (unpaired) electrons. The summed E-state index contributed by atoms with van der Waals surface area (Å²) in [6.07, 6.45) is 1.50. The van der Waals surface area contributed by atoms with Crippen molar-refractivity contribution in [2.45, 2.75) is 38.9 Å². The van der Waals surface area contributed by atoms with E-state index in [2.05, 4.69) is 11.1 Å². The molecule has 0 unspecified atom stereocenters. The summed E-state index contributed by atoms with van der Waals surface area (Å²) in [7, 11) is 0. The van der Waals surface area contributed by atoms with Gasteiger partial charge in [0.25, 0.3) is 0 Å². The first kappa shape index (κ1) is 14.5. The minimum absolute atomic E-state index is 0.125. The number of hydrogen-bond acceptors (Lipinski definition) is 4. The quantitative estimate of drug-likeness (QED) is 0.875. The Hall–Kier alpha value is -1.46. The van der Waals surface area contributed by atoms with Gasteiger partial charge in [-0.15, -0.1) is 11.3 Å². The molecule has 4 nitrogen and oxygen atoms in total. The Morgan fingerprint density at radius 1 is 1.33 bits per heavy atom. The van der Waals surface area contributed by atoms with Gasteiger partial charge in [-0.3, -0.25) is 4.79 Å². The van der Waals surface area contributed by atoms with E-state index in [0.29, 0.717) is 19.5 Å². The van der Waals surface area contributed by atoms with E-state index in [1.165, 1.54) is 4.70 Å². The summed E-state index contributed by atoms with van der Waals surface area (Å²) in [5, 5.41) is 1.04. The number of fused-ring (bicyclic) bond motifs is 1. The lowest BCUT2D eigenvalue weighted by atomic mass is 10.2. The van der Waals surface area contributed by atoms with Gasteiger partial charge in [0.2, 0.25) is 5.91 Å². The number of nitrogens with zero attached hydrogens (tertiary/aromatic N) is 2. The molecule has 1 aromatic carbocycles. The zero-order valence-corrected chi connectivity index (χ0v) is 13.2. The molecule has 0 N–H and O–H groups in total. The van der Waals surface area contributed by atoms with Gasteiger partial charge in [0.1, 0.15) is 0 Å². The summed E-state index contributed by atoms with van der Waals surface area (Å²) in [4.78, 5) is 18.8. The predicted molar refractivity (Wildman–Crippen MR) is 84.5 cm³/mol. The van der Waals surface area contributed by atoms with Crippen LogP contribution in [0.4, 0.5) is 0 Å². The molecule has 1 aliphatic rings. The van der Waals surface area contributed by atoms with Crippen LogP contribution in [0.1, 0.15) is 25.3 Å². The van der Waals surface area contributed by atoms with E-state index in [1.807, 2.05) is 36.9 Å². The van der Waals surface area contributed by atoms with E-state index in [9.17, 15) is 4.79 Å². The first-order valence-corrected chi connectivity index (χ1v) is 8.21. The summed E-state index contributed by atoms with van der Waals surface area (Å²) in [6.45, 7) is 5.43. The van der Waals surface area contributed by atoms with Crippen molar-refractivity contribution in [3.8, 4) is 0 Å². The Balaban J connectivity index is 1.60.